The quantitative estimate of drug-likeness (QED) is 0.756. The van der Waals surface area contributed by atoms with Crippen LogP contribution in [0.15, 0.2) is 34.7 Å². The van der Waals surface area contributed by atoms with Crippen molar-refractivity contribution in [2.75, 3.05) is 7.11 Å². The van der Waals surface area contributed by atoms with Crippen LogP contribution in [-0.4, -0.2) is 24.2 Å². The number of ether oxygens (including phenoxy) is 2. The van der Waals surface area contributed by atoms with Gasteiger partial charge in [0.15, 0.2) is 5.69 Å². The average Bonchev–Trinajstić information content (AvgIpc) is 3.01. The summed E-state index contributed by atoms with van der Waals surface area (Å²) in [6.07, 6.45) is 0.0102. The summed E-state index contributed by atoms with van der Waals surface area (Å²) in [5.74, 6) is 0.295. The Labute approximate surface area is 152 Å². The van der Waals surface area contributed by atoms with Gasteiger partial charge in [0.2, 0.25) is 5.89 Å². The van der Waals surface area contributed by atoms with E-state index < -0.39 is 18.1 Å². The number of nitrogens with zero attached hydrogens (tertiary/aromatic N) is 1. The number of benzene rings is 1. The Balaban J connectivity index is 2.07. The first-order valence-corrected chi connectivity index (χ1v) is 8.43. The third-order valence-corrected chi connectivity index (χ3v) is 3.70. The van der Waals surface area contributed by atoms with Crippen molar-refractivity contribution in [1.29, 1.82) is 0 Å². The Morgan fingerprint density at radius 3 is 2.54 bits per heavy atom. The summed E-state index contributed by atoms with van der Waals surface area (Å²) >= 11 is 0. The lowest BCUT2D eigenvalue weighted by Crippen LogP contribution is -2.30. The van der Waals surface area contributed by atoms with Crippen molar-refractivity contribution in [3.05, 3.63) is 53.2 Å². The van der Waals surface area contributed by atoms with Gasteiger partial charge in [-0.15, -0.1) is 0 Å². The molecule has 0 saturated carbocycles. The number of nitrogens with one attached hydrogen (secondary N) is 1. The zero-order valence-corrected chi connectivity index (χ0v) is 15.4. The number of oxazole rings is 1. The van der Waals surface area contributed by atoms with Gasteiger partial charge >= 0.3 is 12.1 Å². The molecular weight excluding hydrogens is 336 g/mol. The van der Waals surface area contributed by atoms with Crippen molar-refractivity contribution in [2.24, 2.45) is 5.92 Å². The average molecular weight is 360 g/mol. The molecule has 0 aliphatic heterocycles. The molecule has 1 unspecified atom stereocenters. The highest BCUT2D eigenvalue weighted by Crippen LogP contribution is 2.23. The van der Waals surface area contributed by atoms with Crippen molar-refractivity contribution in [3.63, 3.8) is 0 Å². The van der Waals surface area contributed by atoms with Crippen molar-refractivity contribution < 1.29 is 23.5 Å². The SMILES string of the molecule is COC(=O)c1nc(C(CC(C)C)NC(=O)OCc2ccccc2)oc1C. The molecule has 0 bridgehead atoms. The normalized spacial score (nSPS) is 11.9. The summed E-state index contributed by atoms with van der Waals surface area (Å²) in [7, 11) is 1.28. The summed E-state index contributed by atoms with van der Waals surface area (Å²) in [4.78, 5) is 28.1. The van der Waals surface area contributed by atoms with Crippen LogP contribution in [0.25, 0.3) is 0 Å². The van der Waals surface area contributed by atoms with Gasteiger partial charge in [0.25, 0.3) is 0 Å². The van der Waals surface area contributed by atoms with Gasteiger partial charge in [0.1, 0.15) is 18.4 Å². The molecule has 0 fully saturated rings. The molecule has 2 aromatic rings. The number of aromatic nitrogens is 1. The van der Waals surface area contributed by atoms with E-state index in [4.69, 9.17) is 9.15 Å². The Hall–Kier alpha value is -2.83. The minimum atomic E-state index is -0.576. The highest BCUT2D eigenvalue weighted by atomic mass is 16.5. The number of hydrogen-bond acceptors (Lipinski definition) is 6. The number of rotatable bonds is 7. The van der Waals surface area contributed by atoms with Gasteiger partial charge in [-0.1, -0.05) is 44.2 Å². The molecule has 1 aromatic heterocycles. The molecule has 0 radical (unpaired) electrons. The summed E-state index contributed by atoms with van der Waals surface area (Å²) in [5, 5.41) is 2.76. The lowest BCUT2D eigenvalue weighted by Gasteiger charge is -2.17. The van der Waals surface area contributed by atoms with E-state index in [1.807, 2.05) is 44.2 Å². The molecule has 1 atom stereocenters. The third kappa shape index (κ3) is 5.34. The van der Waals surface area contributed by atoms with Crippen LogP contribution in [-0.2, 0) is 16.1 Å². The molecule has 26 heavy (non-hydrogen) atoms. The smallest absolute Gasteiger partial charge is 0.408 e. The number of hydrogen-bond donors (Lipinski definition) is 1. The number of carbonyl (C=O) groups is 2. The van der Waals surface area contributed by atoms with E-state index in [-0.39, 0.29) is 24.1 Å². The maximum atomic E-state index is 12.2. The second-order valence-corrected chi connectivity index (χ2v) is 6.34. The molecule has 2 rings (SSSR count). The maximum absolute atomic E-state index is 12.2. The topological polar surface area (TPSA) is 90.7 Å². The first kappa shape index (κ1) is 19.5. The second kappa shape index (κ2) is 9.03. The van der Waals surface area contributed by atoms with Crippen molar-refractivity contribution in [1.82, 2.24) is 10.3 Å². The number of amides is 1. The highest BCUT2D eigenvalue weighted by Gasteiger charge is 2.26. The van der Waals surface area contributed by atoms with E-state index in [1.165, 1.54) is 7.11 Å². The van der Waals surface area contributed by atoms with Gasteiger partial charge in [0, 0.05) is 0 Å². The van der Waals surface area contributed by atoms with Crippen molar-refractivity contribution in [3.8, 4) is 0 Å². The number of carbonyl (C=O) groups excluding carboxylic acids is 2. The minimum Gasteiger partial charge on any atom is -0.464 e. The lowest BCUT2D eigenvalue weighted by atomic mass is 10.0. The number of methoxy groups -OCH3 is 1. The molecule has 1 aromatic carbocycles. The first-order valence-electron chi connectivity index (χ1n) is 8.43. The van der Waals surface area contributed by atoms with Crippen molar-refractivity contribution >= 4 is 12.1 Å². The molecule has 0 saturated heterocycles. The van der Waals surface area contributed by atoms with Crippen LogP contribution < -0.4 is 5.32 Å². The first-order chi connectivity index (χ1) is 12.4. The Morgan fingerprint density at radius 1 is 1.23 bits per heavy atom. The summed E-state index contributed by atoms with van der Waals surface area (Å²) in [6.45, 7) is 5.82. The summed E-state index contributed by atoms with van der Waals surface area (Å²) < 4.78 is 15.5. The standard InChI is InChI=1S/C19H24N2O5/c1-12(2)10-15(17-21-16(13(3)26-17)18(22)24-4)20-19(23)25-11-14-8-6-5-7-9-14/h5-9,12,15H,10-11H2,1-4H3,(H,20,23). The van der Waals surface area contributed by atoms with Crippen LogP contribution in [0.5, 0.6) is 0 Å². The fraction of sp³-hybridized carbons (Fsp3) is 0.421. The highest BCUT2D eigenvalue weighted by molar-refractivity contribution is 5.88. The van der Waals surface area contributed by atoms with Gasteiger partial charge in [0.05, 0.1) is 7.11 Å². The zero-order chi connectivity index (χ0) is 19.1. The molecule has 140 valence electrons. The zero-order valence-electron chi connectivity index (χ0n) is 15.4. The molecule has 1 N–H and O–H groups in total. The maximum Gasteiger partial charge on any atom is 0.408 e. The molecule has 1 heterocycles. The van der Waals surface area contributed by atoms with E-state index >= 15 is 0 Å². The van der Waals surface area contributed by atoms with E-state index in [0.717, 1.165) is 5.56 Å². The number of esters is 1. The Morgan fingerprint density at radius 2 is 1.92 bits per heavy atom. The predicted octanol–water partition coefficient (Wildman–Crippen LogP) is 3.78. The molecule has 0 aliphatic carbocycles. The van der Waals surface area contributed by atoms with Crippen LogP contribution >= 0.6 is 0 Å². The van der Waals surface area contributed by atoms with Crippen molar-refractivity contribution in [2.45, 2.75) is 39.8 Å². The largest absolute Gasteiger partial charge is 0.464 e. The molecule has 7 nitrogen and oxygen atoms in total. The van der Waals surface area contributed by atoms with Gasteiger partial charge in [-0.05, 0) is 24.8 Å². The fourth-order valence-electron chi connectivity index (χ4n) is 2.45. The fourth-order valence-corrected chi connectivity index (χ4v) is 2.45. The van der Waals surface area contributed by atoms with Crippen LogP contribution in [0.1, 0.15) is 54.0 Å². The summed E-state index contributed by atoms with van der Waals surface area (Å²) in [5.41, 5.74) is 0.999. The van der Waals surface area contributed by atoms with Crippen LogP contribution in [0.2, 0.25) is 0 Å². The van der Waals surface area contributed by atoms with E-state index in [1.54, 1.807) is 6.92 Å². The van der Waals surface area contributed by atoms with Crippen LogP contribution in [0.3, 0.4) is 0 Å². The predicted molar refractivity (Wildman–Crippen MR) is 94.5 cm³/mol. The van der Waals surface area contributed by atoms with Gasteiger partial charge in [-0.3, -0.25) is 0 Å². The monoisotopic (exact) mass is 360 g/mol. The van der Waals surface area contributed by atoms with Crippen LogP contribution in [0, 0.1) is 12.8 Å². The molecule has 1 amide bonds. The van der Waals surface area contributed by atoms with Crippen LogP contribution in [0.4, 0.5) is 4.79 Å². The molecule has 0 aliphatic rings. The van der Waals surface area contributed by atoms with E-state index in [0.29, 0.717) is 12.2 Å². The van der Waals surface area contributed by atoms with Gasteiger partial charge in [-0.25, -0.2) is 14.6 Å². The number of alkyl carbamates (subject to hydrolysis) is 1. The number of aryl methyl sites for hydroxylation is 1. The Kier molecular flexibility index (Phi) is 6.77. The molecule has 7 heteroatoms. The molecule has 0 spiro atoms. The second-order valence-electron chi connectivity index (χ2n) is 6.34. The Bertz CT molecular complexity index is 740. The van der Waals surface area contributed by atoms with Gasteiger partial charge in [-0.2, -0.15) is 0 Å². The molecular formula is C19H24N2O5. The van der Waals surface area contributed by atoms with E-state index in [9.17, 15) is 9.59 Å². The summed E-state index contributed by atoms with van der Waals surface area (Å²) in [6, 6.07) is 8.89. The van der Waals surface area contributed by atoms with Gasteiger partial charge < -0.3 is 19.2 Å². The minimum absolute atomic E-state index is 0.107. The van der Waals surface area contributed by atoms with E-state index in [2.05, 4.69) is 15.0 Å². The lowest BCUT2D eigenvalue weighted by molar-refractivity contribution is 0.0592. The third-order valence-electron chi connectivity index (χ3n) is 3.70.